The van der Waals surface area contributed by atoms with Crippen molar-refractivity contribution in [3.63, 3.8) is 0 Å². The molecule has 0 aliphatic carbocycles. The molecule has 4 aliphatic rings. The zero-order valence-electron chi connectivity index (χ0n) is 27.5. The Balaban J connectivity index is 1.08. The van der Waals surface area contributed by atoms with Crippen LogP contribution in [0.15, 0.2) is 48.5 Å². The molecular weight excluding hydrogens is 639 g/mol. The van der Waals surface area contributed by atoms with E-state index in [1.54, 1.807) is 14.7 Å². The molecule has 11 nitrogen and oxygen atoms in total. The van der Waals surface area contributed by atoms with E-state index >= 15 is 0 Å². The van der Waals surface area contributed by atoms with Crippen molar-refractivity contribution in [3.8, 4) is 0 Å². The van der Waals surface area contributed by atoms with Crippen LogP contribution < -0.4 is 16.0 Å². The molecule has 6 rings (SSSR count). The highest BCUT2D eigenvalue weighted by Gasteiger charge is 2.37. The molecule has 0 spiro atoms. The second-order valence-corrected chi connectivity index (χ2v) is 13.4. The van der Waals surface area contributed by atoms with Gasteiger partial charge in [0.25, 0.3) is 0 Å². The number of alkyl halides is 3. The van der Waals surface area contributed by atoms with Gasteiger partial charge in [-0.05, 0) is 81.4 Å². The first kappa shape index (κ1) is 34.5. The van der Waals surface area contributed by atoms with Gasteiger partial charge in [-0.15, -0.1) is 0 Å². The summed E-state index contributed by atoms with van der Waals surface area (Å²) >= 11 is 0. The predicted molar refractivity (Wildman–Crippen MR) is 178 cm³/mol. The van der Waals surface area contributed by atoms with Crippen molar-refractivity contribution in [2.75, 3.05) is 49.9 Å². The molecule has 4 heterocycles. The quantitative estimate of drug-likeness (QED) is 0.376. The zero-order valence-corrected chi connectivity index (χ0v) is 27.5. The molecule has 49 heavy (non-hydrogen) atoms. The van der Waals surface area contributed by atoms with Gasteiger partial charge in [-0.3, -0.25) is 9.59 Å². The van der Waals surface area contributed by atoms with Gasteiger partial charge in [0, 0.05) is 56.2 Å². The Bertz CT molecular complexity index is 1520. The molecule has 1 atom stereocenters. The van der Waals surface area contributed by atoms with E-state index in [0.717, 1.165) is 49.3 Å². The van der Waals surface area contributed by atoms with Crippen molar-refractivity contribution in [3.05, 3.63) is 59.7 Å². The highest BCUT2D eigenvalue weighted by molar-refractivity contribution is 5.96. The van der Waals surface area contributed by atoms with E-state index in [-0.39, 0.29) is 36.0 Å². The van der Waals surface area contributed by atoms with Crippen LogP contribution in [0, 0.1) is 0 Å². The van der Waals surface area contributed by atoms with Crippen LogP contribution in [0.5, 0.6) is 0 Å². The zero-order chi connectivity index (χ0) is 34.5. The minimum absolute atomic E-state index is 0.0626. The second kappa shape index (κ2) is 15.1. The number of hydrogen-bond donors (Lipinski definition) is 3. The van der Waals surface area contributed by atoms with E-state index in [0.29, 0.717) is 51.6 Å². The molecule has 0 radical (unpaired) electrons. The van der Waals surface area contributed by atoms with Crippen LogP contribution in [0.25, 0.3) is 0 Å². The number of fused-ring (bicyclic) bond motifs is 1. The number of piperidine rings is 3. The third kappa shape index (κ3) is 8.46. The molecule has 3 saturated heterocycles. The van der Waals surface area contributed by atoms with Crippen molar-refractivity contribution >= 4 is 35.3 Å². The largest absolute Gasteiger partial charge is 0.416 e. The van der Waals surface area contributed by atoms with Gasteiger partial charge in [0.1, 0.15) is 6.04 Å². The maximum Gasteiger partial charge on any atom is 0.416 e. The average molecular weight is 684 g/mol. The number of benzene rings is 2. The molecule has 0 unspecified atom stereocenters. The molecule has 0 aromatic heterocycles. The molecule has 2 aromatic carbocycles. The van der Waals surface area contributed by atoms with Crippen molar-refractivity contribution in [1.82, 2.24) is 24.9 Å². The Hall–Kier alpha value is -4.33. The maximum absolute atomic E-state index is 13.9. The first-order valence-corrected chi connectivity index (χ1v) is 17.3. The van der Waals surface area contributed by atoms with Crippen LogP contribution in [-0.4, -0.2) is 101 Å². The fourth-order valence-electron chi connectivity index (χ4n) is 7.50. The van der Waals surface area contributed by atoms with E-state index in [4.69, 9.17) is 0 Å². The predicted octanol–water partition coefficient (Wildman–Crippen LogP) is 5.10. The summed E-state index contributed by atoms with van der Waals surface area (Å²) in [6.45, 7) is 4.35. The molecule has 264 valence electrons. The standard InChI is InChI=1S/C35H44F3N7O4/c36-35(37,38)25-8-6-9-26(21-25)39-33(48)40-30(32(47)44-19-11-27(12-20-44)42-15-4-1-5-16-42)22-31(46)43-17-13-28(14-18-43)45-23-24-7-2-3-10-29(24)41-34(45)49/h2-3,6-10,21,27-28,30H,1,4-5,11-20,22-23H2,(H,41,49)(H2,39,40,48)/t30-/m0/s1. The lowest BCUT2D eigenvalue weighted by molar-refractivity contribution is -0.140. The topological polar surface area (TPSA) is 117 Å². The third-order valence-electron chi connectivity index (χ3n) is 10.2. The van der Waals surface area contributed by atoms with Crippen LogP contribution in [0.1, 0.15) is 62.5 Å². The number of para-hydroxylation sites is 1. The Morgan fingerprint density at radius 1 is 0.837 bits per heavy atom. The lowest BCUT2D eigenvalue weighted by atomic mass is 9.98. The molecule has 2 aromatic rings. The molecule has 0 saturated carbocycles. The number of halogens is 3. The van der Waals surface area contributed by atoms with Gasteiger partial charge in [-0.1, -0.05) is 30.7 Å². The number of likely N-dealkylation sites (tertiary alicyclic amines) is 3. The van der Waals surface area contributed by atoms with E-state index in [9.17, 15) is 32.3 Å². The summed E-state index contributed by atoms with van der Waals surface area (Å²) < 4.78 is 39.8. The van der Waals surface area contributed by atoms with Crippen LogP contribution in [-0.2, 0) is 22.3 Å². The number of anilines is 2. The summed E-state index contributed by atoms with van der Waals surface area (Å²) in [6, 6.07) is 9.96. The summed E-state index contributed by atoms with van der Waals surface area (Å²) in [5.41, 5.74) is 0.821. The molecule has 6 amide bonds. The first-order valence-electron chi connectivity index (χ1n) is 17.3. The summed E-state index contributed by atoms with van der Waals surface area (Å²) in [5.74, 6) is -0.698. The number of hydrogen-bond acceptors (Lipinski definition) is 5. The number of nitrogens with one attached hydrogen (secondary N) is 3. The maximum atomic E-state index is 13.9. The van der Waals surface area contributed by atoms with E-state index < -0.39 is 23.8 Å². The molecular formula is C35H44F3N7O4. The Labute approximate surface area is 284 Å². The van der Waals surface area contributed by atoms with Crippen molar-refractivity contribution in [2.45, 2.75) is 82.2 Å². The van der Waals surface area contributed by atoms with Gasteiger partial charge >= 0.3 is 18.2 Å². The smallest absolute Gasteiger partial charge is 0.342 e. The average Bonchev–Trinajstić information content (AvgIpc) is 3.11. The SMILES string of the molecule is O=C(Nc1cccc(C(F)(F)F)c1)N[C@@H](CC(=O)N1CCC(N2Cc3ccccc3NC2=O)CC1)C(=O)N1CCC(N2CCCCC2)CC1. The van der Waals surface area contributed by atoms with Crippen LogP contribution >= 0.6 is 0 Å². The first-order chi connectivity index (χ1) is 23.5. The highest BCUT2D eigenvalue weighted by Crippen LogP contribution is 2.31. The fourth-order valence-corrected chi connectivity index (χ4v) is 7.50. The van der Waals surface area contributed by atoms with E-state index in [1.807, 2.05) is 24.3 Å². The van der Waals surface area contributed by atoms with Gasteiger partial charge in [0.2, 0.25) is 11.8 Å². The Kier molecular flexibility index (Phi) is 10.6. The molecule has 14 heteroatoms. The number of amides is 6. The van der Waals surface area contributed by atoms with Crippen molar-refractivity contribution < 1.29 is 32.3 Å². The lowest BCUT2D eigenvalue weighted by Gasteiger charge is -2.41. The summed E-state index contributed by atoms with van der Waals surface area (Å²) in [4.78, 5) is 61.0. The van der Waals surface area contributed by atoms with Crippen molar-refractivity contribution in [1.29, 1.82) is 0 Å². The minimum atomic E-state index is -4.59. The van der Waals surface area contributed by atoms with Crippen LogP contribution in [0.3, 0.4) is 0 Å². The summed E-state index contributed by atoms with van der Waals surface area (Å²) in [5, 5.41) is 7.94. The van der Waals surface area contributed by atoms with Gasteiger partial charge in [-0.25, -0.2) is 9.59 Å². The number of rotatable bonds is 7. The third-order valence-corrected chi connectivity index (χ3v) is 10.2. The Morgan fingerprint density at radius 3 is 2.22 bits per heavy atom. The lowest BCUT2D eigenvalue weighted by Crippen LogP contribution is -2.56. The van der Waals surface area contributed by atoms with Gasteiger partial charge < -0.3 is 35.6 Å². The van der Waals surface area contributed by atoms with Crippen molar-refractivity contribution in [2.24, 2.45) is 0 Å². The highest BCUT2D eigenvalue weighted by atomic mass is 19.4. The molecule has 0 bridgehead atoms. The van der Waals surface area contributed by atoms with Gasteiger partial charge in [-0.2, -0.15) is 13.2 Å². The fraction of sp³-hybridized carbons (Fsp3) is 0.543. The minimum Gasteiger partial charge on any atom is -0.342 e. The summed E-state index contributed by atoms with van der Waals surface area (Å²) in [6.07, 6.45) is 1.42. The number of carbonyl (C=O) groups is 4. The van der Waals surface area contributed by atoms with Gasteiger partial charge in [0.15, 0.2) is 0 Å². The normalized spacial score (nSPS) is 20.3. The second-order valence-electron chi connectivity index (χ2n) is 13.4. The monoisotopic (exact) mass is 683 g/mol. The van der Waals surface area contributed by atoms with E-state index in [2.05, 4.69) is 20.9 Å². The van der Waals surface area contributed by atoms with Gasteiger partial charge in [0.05, 0.1) is 12.0 Å². The summed E-state index contributed by atoms with van der Waals surface area (Å²) in [7, 11) is 0. The molecule has 3 fully saturated rings. The molecule has 4 aliphatic heterocycles. The number of carbonyl (C=O) groups excluding carboxylic acids is 4. The molecule has 3 N–H and O–H groups in total. The van der Waals surface area contributed by atoms with E-state index in [1.165, 1.54) is 31.4 Å². The van der Waals surface area contributed by atoms with Crippen LogP contribution in [0.2, 0.25) is 0 Å². The van der Waals surface area contributed by atoms with Crippen LogP contribution in [0.4, 0.5) is 34.1 Å². The number of nitrogens with zero attached hydrogens (tertiary/aromatic N) is 4. The Morgan fingerprint density at radius 2 is 1.51 bits per heavy atom. The number of urea groups is 2.